The van der Waals surface area contributed by atoms with Gasteiger partial charge in [-0.2, -0.15) is 0 Å². The van der Waals surface area contributed by atoms with Crippen LogP contribution >= 0.6 is 0 Å². The molecule has 0 amide bonds. The normalized spacial score (nSPS) is 14.8. The SMILES string of the molecule is CCC(CC(O[Si](c1ccccc1)(c1ccccc1)c1ccccc1)C1=CCc2ccccc21)C1=CC=CC1.[Cl-].[Cl-].[Zr+2]. The number of allylic oxidation sites excluding steroid dienone is 5. The van der Waals surface area contributed by atoms with Gasteiger partial charge in [0, 0.05) is 0 Å². The van der Waals surface area contributed by atoms with Crippen LogP contribution in [0.4, 0.5) is 0 Å². The molecule has 0 radical (unpaired) electrons. The van der Waals surface area contributed by atoms with Crippen molar-refractivity contribution in [3.63, 3.8) is 0 Å². The number of halogens is 2. The third-order valence-electron chi connectivity index (χ3n) is 8.39. The summed E-state index contributed by atoms with van der Waals surface area (Å²) in [7, 11) is -2.87. The van der Waals surface area contributed by atoms with Crippen molar-refractivity contribution < 1.29 is 55.4 Å². The second-order valence-electron chi connectivity index (χ2n) is 10.6. The fourth-order valence-corrected chi connectivity index (χ4v) is 10.4. The van der Waals surface area contributed by atoms with Crippen LogP contribution in [-0.2, 0) is 37.1 Å². The van der Waals surface area contributed by atoms with Crippen LogP contribution in [0.3, 0.4) is 0 Å². The van der Waals surface area contributed by atoms with Gasteiger partial charge in [0.25, 0.3) is 8.32 Å². The molecule has 0 aliphatic heterocycles. The standard InChI is InChI=1S/C37H36OSi.2ClH.Zr/c1-2-29(30-16-12-13-17-30)28-37(36-27-26-31-18-14-15-25-35(31)36)38-39(32-19-6-3-7-20-32,33-21-8-4-9-22-33)34-23-10-5-11-24-34;;;/h3-16,18-25,27,29,37H,2,17,26,28H2,1H3;2*1H;/q;;;+2/p-2. The molecule has 0 saturated carbocycles. The third-order valence-corrected chi connectivity index (χ3v) is 12.5. The van der Waals surface area contributed by atoms with Gasteiger partial charge in [-0.1, -0.05) is 152 Å². The topological polar surface area (TPSA) is 9.23 Å². The Balaban J connectivity index is 0.00000161. The molecule has 0 fully saturated rings. The van der Waals surface area contributed by atoms with Crippen LogP contribution in [0, 0.1) is 5.92 Å². The van der Waals surface area contributed by atoms with Gasteiger partial charge in [0.05, 0.1) is 6.10 Å². The third kappa shape index (κ3) is 6.93. The van der Waals surface area contributed by atoms with E-state index in [-0.39, 0.29) is 57.1 Å². The second-order valence-corrected chi connectivity index (χ2v) is 14.0. The first kappa shape index (κ1) is 34.2. The molecule has 0 bridgehead atoms. The molecule has 212 valence electrons. The maximum absolute atomic E-state index is 7.85. The van der Waals surface area contributed by atoms with Crippen LogP contribution in [0.1, 0.15) is 37.3 Å². The van der Waals surface area contributed by atoms with Gasteiger partial charge in [-0.25, -0.2) is 0 Å². The molecule has 2 atom stereocenters. The maximum Gasteiger partial charge on any atom is 2.00 e. The van der Waals surface area contributed by atoms with Gasteiger partial charge in [-0.3, -0.25) is 0 Å². The van der Waals surface area contributed by atoms with Gasteiger partial charge in [-0.15, -0.1) is 0 Å². The van der Waals surface area contributed by atoms with E-state index in [1.165, 1.54) is 37.8 Å². The number of hydrogen-bond donors (Lipinski definition) is 0. The van der Waals surface area contributed by atoms with Crippen molar-refractivity contribution in [1.29, 1.82) is 0 Å². The fraction of sp³-hybridized carbons (Fsp3) is 0.189. The van der Waals surface area contributed by atoms with E-state index in [9.17, 15) is 0 Å². The molecule has 4 aromatic rings. The minimum atomic E-state index is -2.87. The van der Waals surface area contributed by atoms with E-state index in [1.807, 2.05) is 0 Å². The molecule has 6 rings (SSSR count). The maximum atomic E-state index is 7.85. The van der Waals surface area contributed by atoms with E-state index in [0.29, 0.717) is 5.92 Å². The van der Waals surface area contributed by atoms with Crippen LogP contribution in [0.15, 0.2) is 145 Å². The van der Waals surface area contributed by atoms with Crippen LogP contribution in [-0.4, -0.2) is 14.4 Å². The largest absolute Gasteiger partial charge is 2.00 e. The van der Waals surface area contributed by atoms with Gasteiger partial charge in [0.1, 0.15) is 0 Å². The predicted molar refractivity (Wildman–Crippen MR) is 167 cm³/mol. The van der Waals surface area contributed by atoms with Crippen molar-refractivity contribution in [3.8, 4) is 0 Å². The van der Waals surface area contributed by atoms with E-state index in [4.69, 9.17) is 4.43 Å². The van der Waals surface area contributed by atoms with E-state index >= 15 is 0 Å². The first-order valence-electron chi connectivity index (χ1n) is 14.3. The van der Waals surface area contributed by atoms with Crippen molar-refractivity contribution >= 4 is 29.5 Å². The van der Waals surface area contributed by atoms with Crippen molar-refractivity contribution in [2.45, 2.75) is 38.7 Å². The van der Waals surface area contributed by atoms with E-state index in [0.717, 1.165) is 25.7 Å². The van der Waals surface area contributed by atoms with Crippen molar-refractivity contribution in [1.82, 2.24) is 0 Å². The monoisotopic (exact) mass is 684 g/mol. The molecular weight excluding hydrogens is 651 g/mol. The van der Waals surface area contributed by atoms with Crippen LogP contribution in [0.25, 0.3) is 5.57 Å². The van der Waals surface area contributed by atoms with Crippen LogP contribution in [0.5, 0.6) is 0 Å². The molecule has 4 aromatic carbocycles. The predicted octanol–water partition coefficient (Wildman–Crippen LogP) is 0.987. The zero-order valence-electron chi connectivity index (χ0n) is 23.9. The zero-order valence-corrected chi connectivity index (χ0v) is 28.9. The zero-order chi connectivity index (χ0) is 26.5. The molecule has 0 saturated heterocycles. The first-order valence-corrected chi connectivity index (χ1v) is 16.2. The molecule has 42 heavy (non-hydrogen) atoms. The van der Waals surface area contributed by atoms with E-state index in [1.54, 1.807) is 0 Å². The summed E-state index contributed by atoms with van der Waals surface area (Å²) in [6.07, 6.45) is 13.4. The Morgan fingerprint density at radius 2 is 1.21 bits per heavy atom. The molecule has 0 aromatic heterocycles. The Morgan fingerprint density at radius 1 is 0.690 bits per heavy atom. The van der Waals surface area contributed by atoms with Crippen molar-refractivity contribution in [2.24, 2.45) is 5.92 Å². The summed E-state index contributed by atoms with van der Waals surface area (Å²) in [5.41, 5.74) is 5.65. The van der Waals surface area contributed by atoms with E-state index in [2.05, 4.69) is 146 Å². The first-order chi connectivity index (χ1) is 19.3. The summed E-state index contributed by atoms with van der Waals surface area (Å²) in [6.45, 7) is 2.33. The molecule has 2 aliphatic rings. The minimum Gasteiger partial charge on any atom is -1.00 e. The fourth-order valence-electron chi connectivity index (χ4n) is 6.39. The number of benzene rings is 4. The summed E-state index contributed by atoms with van der Waals surface area (Å²) < 4.78 is 7.85. The van der Waals surface area contributed by atoms with Gasteiger partial charge in [-0.05, 0) is 63.9 Å². The van der Waals surface area contributed by atoms with Gasteiger partial charge < -0.3 is 29.2 Å². The number of rotatable bonds is 10. The number of fused-ring (bicyclic) bond motifs is 1. The average molecular weight is 687 g/mol. The van der Waals surface area contributed by atoms with Crippen molar-refractivity contribution in [3.05, 3.63) is 156 Å². The summed E-state index contributed by atoms with van der Waals surface area (Å²) in [5.74, 6) is 0.479. The molecule has 2 aliphatic carbocycles. The molecule has 0 heterocycles. The summed E-state index contributed by atoms with van der Waals surface area (Å²) in [6, 6.07) is 41.9. The smallest absolute Gasteiger partial charge is 1.00 e. The Morgan fingerprint density at radius 3 is 1.71 bits per heavy atom. The quantitative estimate of drug-likeness (QED) is 0.179. The molecule has 0 spiro atoms. The number of hydrogen-bond acceptors (Lipinski definition) is 1. The summed E-state index contributed by atoms with van der Waals surface area (Å²) >= 11 is 0. The van der Waals surface area contributed by atoms with Crippen molar-refractivity contribution in [2.75, 3.05) is 0 Å². The molecule has 2 unspecified atom stereocenters. The van der Waals surface area contributed by atoms with Gasteiger partial charge in [0.15, 0.2) is 0 Å². The average Bonchev–Trinajstić information content (AvgIpc) is 3.70. The summed E-state index contributed by atoms with van der Waals surface area (Å²) in [4.78, 5) is 0. The van der Waals surface area contributed by atoms with Crippen LogP contribution in [0.2, 0.25) is 0 Å². The Labute approximate surface area is 283 Å². The Bertz CT molecular complexity index is 1410. The van der Waals surface area contributed by atoms with Gasteiger partial charge in [0.2, 0.25) is 0 Å². The molecule has 1 nitrogen and oxygen atoms in total. The molecular formula is C37H36Cl2OSiZr. The van der Waals surface area contributed by atoms with Crippen LogP contribution < -0.4 is 40.4 Å². The molecule has 0 N–H and O–H groups in total. The second kappa shape index (κ2) is 16.0. The van der Waals surface area contributed by atoms with E-state index < -0.39 is 8.32 Å². The Hall–Kier alpha value is -2.26. The molecule has 5 heteroatoms. The minimum absolute atomic E-state index is 0. The van der Waals surface area contributed by atoms with Gasteiger partial charge >= 0.3 is 26.2 Å². The Kier molecular flexibility index (Phi) is 13.0. The summed E-state index contributed by atoms with van der Waals surface area (Å²) in [5, 5.41) is 3.86.